The van der Waals surface area contributed by atoms with Crippen LogP contribution in [0.1, 0.15) is 33.0 Å². The summed E-state index contributed by atoms with van der Waals surface area (Å²) in [5.41, 5.74) is 1.60. The Bertz CT molecular complexity index is 1420. The molecule has 1 aliphatic rings. The Morgan fingerprint density at radius 3 is 2.19 bits per heavy atom. The SMILES string of the molecule is COc1cccc(C(=O)N[C@]2(Cc3ccccc3)C(=O)OC(c3ccccc3)=C[C@@H]2c2ccccc2)c1. The molecule has 1 heterocycles. The van der Waals surface area contributed by atoms with Crippen molar-refractivity contribution in [3.63, 3.8) is 0 Å². The summed E-state index contributed by atoms with van der Waals surface area (Å²) < 4.78 is 11.3. The molecule has 0 aromatic heterocycles. The van der Waals surface area contributed by atoms with Crippen LogP contribution in [0.5, 0.6) is 5.75 Å². The Hall–Kier alpha value is -4.64. The minimum absolute atomic E-state index is 0.251. The molecule has 0 spiro atoms. The summed E-state index contributed by atoms with van der Waals surface area (Å²) in [5, 5.41) is 3.11. The highest BCUT2D eigenvalue weighted by Crippen LogP contribution is 2.41. The first-order valence-corrected chi connectivity index (χ1v) is 12.1. The molecule has 1 amide bonds. The maximum Gasteiger partial charge on any atom is 0.338 e. The molecule has 0 fully saturated rings. The van der Waals surface area contributed by atoms with Gasteiger partial charge in [-0.1, -0.05) is 97.1 Å². The quantitative estimate of drug-likeness (QED) is 0.334. The molecule has 1 N–H and O–H groups in total. The van der Waals surface area contributed by atoms with E-state index in [1.165, 1.54) is 0 Å². The summed E-state index contributed by atoms with van der Waals surface area (Å²) in [6.45, 7) is 0. The van der Waals surface area contributed by atoms with Gasteiger partial charge in [0.25, 0.3) is 5.91 Å². The van der Waals surface area contributed by atoms with Crippen LogP contribution in [0.2, 0.25) is 0 Å². The maximum atomic E-state index is 14.1. The van der Waals surface area contributed by atoms with Gasteiger partial charge in [-0.25, -0.2) is 4.79 Å². The number of carbonyl (C=O) groups excluding carboxylic acids is 2. The predicted molar refractivity (Wildman–Crippen MR) is 143 cm³/mol. The fourth-order valence-corrected chi connectivity index (χ4v) is 4.76. The number of esters is 1. The summed E-state index contributed by atoms with van der Waals surface area (Å²) in [4.78, 5) is 27.7. The van der Waals surface area contributed by atoms with Gasteiger partial charge in [0.2, 0.25) is 0 Å². The molecule has 0 bridgehead atoms. The van der Waals surface area contributed by atoms with E-state index in [1.54, 1.807) is 31.4 Å². The summed E-state index contributed by atoms with van der Waals surface area (Å²) in [5.74, 6) is -0.354. The third-order valence-electron chi connectivity index (χ3n) is 6.63. The van der Waals surface area contributed by atoms with E-state index in [0.717, 1.165) is 16.7 Å². The van der Waals surface area contributed by atoms with Crippen molar-refractivity contribution in [2.75, 3.05) is 7.11 Å². The number of methoxy groups -OCH3 is 1. The Kier molecular flexibility index (Phi) is 6.86. The number of carbonyl (C=O) groups is 2. The van der Waals surface area contributed by atoms with E-state index in [2.05, 4.69) is 5.32 Å². The zero-order valence-corrected chi connectivity index (χ0v) is 20.5. The molecule has 5 rings (SSSR count). The molecule has 2 atom stereocenters. The lowest BCUT2D eigenvalue weighted by Gasteiger charge is -2.41. The number of hydrogen-bond acceptors (Lipinski definition) is 4. The van der Waals surface area contributed by atoms with Gasteiger partial charge < -0.3 is 14.8 Å². The van der Waals surface area contributed by atoms with Crippen molar-refractivity contribution < 1.29 is 19.1 Å². The van der Waals surface area contributed by atoms with Crippen molar-refractivity contribution in [3.05, 3.63) is 144 Å². The Labute approximate surface area is 216 Å². The van der Waals surface area contributed by atoms with Crippen molar-refractivity contribution in [2.45, 2.75) is 17.9 Å². The second-order valence-corrected chi connectivity index (χ2v) is 8.99. The first kappa shape index (κ1) is 24.1. The molecule has 184 valence electrons. The minimum atomic E-state index is -1.39. The topological polar surface area (TPSA) is 64.6 Å². The average Bonchev–Trinajstić information content (AvgIpc) is 2.96. The Balaban J connectivity index is 1.66. The van der Waals surface area contributed by atoms with Crippen LogP contribution in [0.15, 0.2) is 121 Å². The van der Waals surface area contributed by atoms with Crippen LogP contribution in [0.3, 0.4) is 0 Å². The molecule has 0 saturated carbocycles. The summed E-state index contributed by atoms with van der Waals surface area (Å²) >= 11 is 0. The fraction of sp³-hybridized carbons (Fsp3) is 0.125. The number of ether oxygens (including phenoxy) is 2. The van der Waals surface area contributed by atoms with Crippen molar-refractivity contribution in [3.8, 4) is 5.75 Å². The van der Waals surface area contributed by atoms with E-state index < -0.39 is 17.4 Å². The van der Waals surface area contributed by atoms with E-state index in [-0.39, 0.29) is 12.3 Å². The van der Waals surface area contributed by atoms with Crippen LogP contribution in [-0.2, 0) is 16.0 Å². The highest BCUT2D eigenvalue weighted by molar-refractivity contribution is 6.01. The van der Waals surface area contributed by atoms with Gasteiger partial charge in [-0.3, -0.25) is 4.79 Å². The lowest BCUT2D eigenvalue weighted by atomic mass is 9.73. The normalized spacial score (nSPS) is 18.9. The average molecular weight is 490 g/mol. The van der Waals surface area contributed by atoms with E-state index in [9.17, 15) is 9.59 Å². The van der Waals surface area contributed by atoms with Crippen LogP contribution < -0.4 is 10.1 Å². The largest absolute Gasteiger partial charge is 0.497 e. The molecule has 37 heavy (non-hydrogen) atoms. The molecule has 0 unspecified atom stereocenters. The van der Waals surface area contributed by atoms with Gasteiger partial charge in [0.15, 0.2) is 5.54 Å². The second-order valence-electron chi connectivity index (χ2n) is 8.99. The summed E-state index contributed by atoms with van der Waals surface area (Å²) in [6, 6.07) is 35.8. The molecule has 0 aliphatic carbocycles. The van der Waals surface area contributed by atoms with Crippen LogP contribution in [0.4, 0.5) is 0 Å². The molecule has 5 nitrogen and oxygen atoms in total. The number of cyclic esters (lactones) is 1. The monoisotopic (exact) mass is 489 g/mol. The summed E-state index contributed by atoms with van der Waals surface area (Å²) in [6.07, 6.45) is 2.20. The zero-order valence-electron chi connectivity index (χ0n) is 20.5. The lowest BCUT2D eigenvalue weighted by Crippen LogP contribution is -2.61. The highest BCUT2D eigenvalue weighted by Gasteiger charge is 2.51. The predicted octanol–water partition coefficient (Wildman–Crippen LogP) is 5.79. The lowest BCUT2D eigenvalue weighted by molar-refractivity contribution is -0.145. The highest BCUT2D eigenvalue weighted by atomic mass is 16.5. The first-order chi connectivity index (χ1) is 18.1. The molecule has 4 aromatic carbocycles. The van der Waals surface area contributed by atoms with E-state index in [4.69, 9.17) is 9.47 Å². The Morgan fingerprint density at radius 1 is 0.865 bits per heavy atom. The number of rotatable bonds is 7. The molecule has 1 aliphatic heterocycles. The second kappa shape index (κ2) is 10.5. The van der Waals surface area contributed by atoms with Crippen LogP contribution in [-0.4, -0.2) is 24.5 Å². The molecule has 0 saturated heterocycles. The van der Waals surface area contributed by atoms with Gasteiger partial charge in [-0.15, -0.1) is 0 Å². The van der Waals surface area contributed by atoms with Crippen LogP contribution in [0.25, 0.3) is 5.76 Å². The molecular formula is C32H27NO4. The van der Waals surface area contributed by atoms with E-state index >= 15 is 0 Å². The maximum absolute atomic E-state index is 14.1. The zero-order chi connectivity index (χ0) is 25.7. The van der Waals surface area contributed by atoms with E-state index in [0.29, 0.717) is 17.1 Å². The van der Waals surface area contributed by atoms with Gasteiger partial charge >= 0.3 is 5.97 Å². The van der Waals surface area contributed by atoms with Gasteiger partial charge in [0, 0.05) is 23.5 Å². The summed E-state index contributed by atoms with van der Waals surface area (Å²) in [7, 11) is 1.55. The van der Waals surface area contributed by atoms with Gasteiger partial charge in [0.1, 0.15) is 11.5 Å². The first-order valence-electron chi connectivity index (χ1n) is 12.1. The number of benzene rings is 4. The molecular weight excluding hydrogens is 462 g/mol. The van der Waals surface area contributed by atoms with Crippen molar-refractivity contribution >= 4 is 17.6 Å². The van der Waals surface area contributed by atoms with Crippen molar-refractivity contribution in [1.82, 2.24) is 5.32 Å². The van der Waals surface area contributed by atoms with Gasteiger partial charge in [-0.05, 0) is 35.4 Å². The number of nitrogens with one attached hydrogen (secondary N) is 1. The molecule has 0 radical (unpaired) electrons. The van der Waals surface area contributed by atoms with Gasteiger partial charge in [-0.2, -0.15) is 0 Å². The smallest absolute Gasteiger partial charge is 0.338 e. The standard InChI is InChI=1S/C32H27NO4/c1-36-27-19-11-18-26(20-27)30(34)33-32(22-23-12-5-2-6-13-23)28(24-14-7-3-8-15-24)21-29(37-31(32)35)25-16-9-4-10-17-25/h2-21,28H,22H2,1H3,(H,33,34)/t28-,32+/m1/s1. The third kappa shape index (κ3) is 5.02. The molecule has 5 heteroatoms. The van der Waals surface area contributed by atoms with Crippen molar-refractivity contribution in [1.29, 1.82) is 0 Å². The Morgan fingerprint density at radius 2 is 1.51 bits per heavy atom. The van der Waals surface area contributed by atoms with Crippen LogP contribution in [0, 0.1) is 0 Å². The van der Waals surface area contributed by atoms with Gasteiger partial charge in [0.05, 0.1) is 7.11 Å². The van der Waals surface area contributed by atoms with E-state index in [1.807, 2.05) is 97.1 Å². The number of amides is 1. The fourth-order valence-electron chi connectivity index (χ4n) is 4.76. The molecule has 4 aromatic rings. The minimum Gasteiger partial charge on any atom is -0.497 e. The third-order valence-corrected chi connectivity index (χ3v) is 6.63. The number of hydrogen-bond donors (Lipinski definition) is 1. The van der Waals surface area contributed by atoms with Crippen LogP contribution >= 0.6 is 0 Å². The van der Waals surface area contributed by atoms with Crippen molar-refractivity contribution in [2.24, 2.45) is 0 Å².